The van der Waals surface area contributed by atoms with E-state index in [1.165, 1.54) is 18.4 Å². The first kappa shape index (κ1) is 11.1. The maximum absolute atomic E-state index is 12.0. The Labute approximate surface area is 97.8 Å². The van der Waals surface area contributed by atoms with Crippen LogP contribution in [0.2, 0.25) is 0 Å². The molecule has 1 saturated heterocycles. The molecule has 1 aromatic heterocycles. The average molecular weight is 239 g/mol. The van der Waals surface area contributed by atoms with Gasteiger partial charge in [-0.1, -0.05) is 0 Å². The van der Waals surface area contributed by atoms with E-state index in [0.29, 0.717) is 9.75 Å². The van der Waals surface area contributed by atoms with Gasteiger partial charge >= 0.3 is 5.97 Å². The van der Waals surface area contributed by atoms with Gasteiger partial charge in [0.05, 0.1) is 12.0 Å². The molecule has 0 saturated carbocycles. The van der Waals surface area contributed by atoms with Crippen LogP contribution in [0.5, 0.6) is 0 Å². The molecule has 4 nitrogen and oxygen atoms in total. The summed E-state index contributed by atoms with van der Waals surface area (Å²) < 4.78 is 4.60. The first-order valence-corrected chi connectivity index (χ1v) is 6.01. The zero-order chi connectivity index (χ0) is 11.5. The Bertz CT molecular complexity index is 407. The van der Waals surface area contributed by atoms with Gasteiger partial charge in [-0.15, -0.1) is 11.3 Å². The zero-order valence-corrected chi connectivity index (χ0v) is 9.88. The van der Waals surface area contributed by atoms with Gasteiger partial charge in [0.1, 0.15) is 4.88 Å². The number of ether oxygens (including phenoxy) is 1. The molecule has 1 fully saturated rings. The number of esters is 1. The van der Waals surface area contributed by atoms with Crippen LogP contribution in [0.1, 0.15) is 32.2 Å². The van der Waals surface area contributed by atoms with Gasteiger partial charge in [0.2, 0.25) is 0 Å². The summed E-state index contributed by atoms with van der Waals surface area (Å²) in [5.41, 5.74) is 0. The molecule has 2 rings (SSSR count). The lowest BCUT2D eigenvalue weighted by Gasteiger charge is -2.13. The summed E-state index contributed by atoms with van der Waals surface area (Å²) in [5, 5.41) is 0. The summed E-state index contributed by atoms with van der Waals surface area (Å²) in [6.07, 6.45) is 2.14. The van der Waals surface area contributed by atoms with Crippen LogP contribution in [-0.4, -0.2) is 37.0 Å². The summed E-state index contributed by atoms with van der Waals surface area (Å²) in [5.74, 6) is -0.358. The fourth-order valence-corrected chi connectivity index (χ4v) is 2.63. The lowest BCUT2D eigenvalue weighted by atomic mass is 10.4. The third-order valence-electron chi connectivity index (χ3n) is 2.60. The van der Waals surface area contributed by atoms with Gasteiger partial charge in [0, 0.05) is 13.1 Å². The van der Waals surface area contributed by atoms with E-state index in [1.807, 2.05) is 4.90 Å². The van der Waals surface area contributed by atoms with Crippen molar-refractivity contribution >= 4 is 23.2 Å². The Hall–Kier alpha value is -1.36. The first-order chi connectivity index (χ1) is 7.72. The molecule has 5 heteroatoms. The molecule has 2 heterocycles. The van der Waals surface area contributed by atoms with Crippen LogP contribution < -0.4 is 0 Å². The highest BCUT2D eigenvalue weighted by Gasteiger charge is 2.21. The Morgan fingerprint density at radius 2 is 1.88 bits per heavy atom. The molecule has 1 aliphatic heterocycles. The number of thiophene rings is 1. The van der Waals surface area contributed by atoms with Crippen LogP contribution in [0.15, 0.2) is 12.1 Å². The van der Waals surface area contributed by atoms with Gasteiger partial charge in [-0.05, 0) is 25.0 Å². The quantitative estimate of drug-likeness (QED) is 0.739. The lowest BCUT2D eigenvalue weighted by molar-refractivity contribution is 0.0606. The Balaban J connectivity index is 2.11. The molecule has 0 aromatic carbocycles. The molecule has 1 aliphatic rings. The van der Waals surface area contributed by atoms with Crippen LogP contribution in [0.25, 0.3) is 0 Å². The van der Waals surface area contributed by atoms with Crippen LogP contribution in [-0.2, 0) is 4.74 Å². The number of hydrogen-bond acceptors (Lipinski definition) is 4. The standard InChI is InChI=1S/C11H13NO3S/c1-15-11(14)9-5-4-8(16-9)10(13)12-6-2-3-7-12/h4-5H,2-3,6-7H2,1H3. The molecule has 16 heavy (non-hydrogen) atoms. The number of hydrogen-bond donors (Lipinski definition) is 0. The van der Waals surface area contributed by atoms with E-state index in [0.717, 1.165) is 25.9 Å². The van der Waals surface area contributed by atoms with Crippen molar-refractivity contribution in [2.75, 3.05) is 20.2 Å². The summed E-state index contributed by atoms with van der Waals surface area (Å²) in [7, 11) is 1.34. The lowest BCUT2D eigenvalue weighted by Crippen LogP contribution is -2.26. The molecule has 0 N–H and O–H groups in total. The second kappa shape index (κ2) is 4.65. The first-order valence-electron chi connectivity index (χ1n) is 5.20. The molecule has 1 amide bonds. The molecule has 0 aliphatic carbocycles. The average Bonchev–Trinajstić information content (AvgIpc) is 2.97. The van der Waals surface area contributed by atoms with Gasteiger partial charge < -0.3 is 9.64 Å². The molecular weight excluding hydrogens is 226 g/mol. The largest absolute Gasteiger partial charge is 0.465 e. The number of carbonyl (C=O) groups is 2. The fourth-order valence-electron chi connectivity index (χ4n) is 1.74. The van der Waals surface area contributed by atoms with Gasteiger partial charge in [-0.25, -0.2) is 4.79 Å². The molecule has 0 spiro atoms. The van der Waals surface area contributed by atoms with E-state index < -0.39 is 0 Å². The van der Waals surface area contributed by atoms with Crippen LogP contribution >= 0.6 is 11.3 Å². The SMILES string of the molecule is COC(=O)c1ccc(C(=O)N2CCCC2)s1. The van der Waals surface area contributed by atoms with Crippen LogP contribution in [0.3, 0.4) is 0 Å². The second-order valence-corrected chi connectivity index (χ2v) is 4.74. The Morgan fingerprint density at radius 1 is 1.25 bits per heavy atom. The van der Waals surface area contributed by atoms with Crippen LogP contribution in [0.4, 0.5) is 0 Å². The minimum atomic E-state index is -0.384. The highest BCUT2D eigenvalue weighted by atomic mass is 32.1. The summed E-state index contributed by atoms with van der Waals surface area (Å²) >= 11 is 1.19. The van der Waals surface area contributed by atoms with E-state index >= 15 is 0 Å². The molecule has 0 unspecified atom stereocenters. The van der Waals surface area contributed by atoms with Crippen LogP contribution in [0, 0.1) is 0 Å². The van der Waals surface area contributed by atoms with Gasteiger partial charge in [-0.2, -0.15) is 0 Å². The Kier molecular flexibility index (Phi) is 3.24. The Morgan fingerprint density at radius 3 is 2.50 bits per heavy atom. The highest BCUT2D eigenvalue weighted by Crippen LogP contribution is 2.21. The van der Waals surface area contributed by atoms with Crippen molar-refractivity contribution in [1.82, 2.24) is 4.90 Å². The normalized spacial score (nSPS) is 15.2. The van der Waals surface area contributed by atoms with Gasteiger partial charge in [-0.3, -0.25) is 4.79 Å². The smallest absolute Gasteiger partial charge is 0.348 e. The van der Waals surface area contributed by atoms with Crippen molar-refractivity contribution in [1.29, 1.82) is 0 Å². The third kappa shape index (κ3) is 2.09. The predicted octanol–water partition coefficient (Wildman–Crippen LogP) is 1.77. The topological polar surface area (TPSA) is 46.6 Å². The van der Waals surface area contributed by atoms with Crippen molar-refractivity contribution in [2.24, 2.45) is 0 Å². The monoisotopic (exact) mass is 239 g/mol. The fraction of sp³-hybridized carbons (Fsp3) is 0.455. The number of likely N-dealkylation sites (tertiary alicyclic amines) is 1. The van der Waals surface area contributed by atoms with Crippen molar-refractivity contribution < 1.29 is 14.3 Å². The second-order valence-electron chi connectivity index (χ2n) is 3.65. The van der Waals surface area contributed by atoms with Crippen molar-refractivity contribution in [3.8, 4) is 0 Å². The maximum atomic E-state index is 12.0. The predicted molar refractivity (Wildman–Crippen MR) is 60.8 cm³/mol. The van der Waals surface area contributed by atoms with E-state index in [4.69, 9.17) is 0 Å². The van der Waals surface area contributed by atoms with Gasteiger partial charge in [0.15, 0.2) is 0 Å². The van der Waals surface area contributed by atoms with E-state index in [9.17, 15) is 9.59 Å². The maximum Gasteiger partial charge on any atom is 0.348 e. The number of methoxy groups -OCH3 is 1. The molecule has 1 aromatic rings. The van der Waals surface area contributed by atoms with Gasteiger partial charge in [0.25, 0.3) is 5.91 Å². The minimum absolute atomic E-state index is 0.0256. The van der Waals surface area contributed by atoms with Crippen molar-refractivity contribution in [2.45, 2.75) is 12.8 Å². The van der Waals surface area contributed by atoms with E-state index in [2.05, 4.69) is 4.74 Å². The molecule has 0 bridgehead atoms. The summed E-state index contributed by atoms with van der Waals surface area (Å²) in [4.78, 5) is 26.1. The van der Waals surface area contributed by atoms with Crippen molar-refractivity contribution in [3.05, 3.63) is 21.9 Å². The highest BCUT2D eigenvalue weighted by molar-refractivity contribution is 7.15. The third-order valence-corrected chi connectivity index (χ3v) is 3.65. The number of amides is 1. The number of rotatable bonds is 2. The number of nitrogens with zero attached hydrogens (tertiary/aromatic N) is 1. The molecule has 0 atom stereocenters. The molecule has 0 radical (unpaired) electrons. The summed E-state index contributed by atoms with van der Waals surface area (Å²) in [6.45, 7) is 1.65. The van der Waals surface area contributed by atoms with Crippen molar-refractivity contribution in [3.63, 3.8) is 0 Å². The minimum Gasteiger partial charge on any atom is -0.465 e. The van der Waals surface area contributed by atoms with E-state index in [1.54, 1.807) is 12.1 Å². The van der Waals surface area contributed by atoms with E-state index in [-0.39, 0.29) is 11.9 Å². The zero-order valence-electron chi connectivity index (χ0n) is 9.06. The number of carbonyl (C=O) groups excluding carboxylic acids is 2. The molecular formula is C11H13NO3S. The molecule has 86 valence electrons. The summed E-state index contributed by atoms with van der Waals surface area (Å²) in [6, 6.07) is 3.33.